The van der Waals surface area contributed by atoms with E-state index < -0.39 is 6.10 Å². The average molecular weight is 917 g/mol. The Morgan fingerprint density at radius 2 is 0.652 bits per heavy atom. The van der Waals surface area contributed by atoms with Crippen molar-refractivity contribution in [2.45, 2.75) is 252 Å². The number of unbranched alkanes of at least 4 members (excludes halogenated alkanes) is 21. The van der Waals surface area contributed by atoms with Crippen molar-refractivity contribution < 1.29 is 28.6 Å². The number of hydrogen-bond donors (Lipinski definition) is 0. The Bertz CT molecular complexity index is 1330. The molecule has 1 atom stereocenters. The lowest BCUT2D eigenvalue weighted by Crippen LogP contribution is -2.30. The Morgan fingerprint density at radius 1 is 0.318 bits per heavy atom. The second-order valence-electron chi connectivity index (χ2n) is 17.7. The molecule has 0 aromatic heterocycles. The standard InChI is InChI=1S/C60H100O6/c1-4-7-10-13-16-19-22-24-26-28-30-32-34-36-38-41-44-47-50-53-59(62)65-56-57(55-64-58(61)52-49-46-43-40-21-18-15-12-9-6-3)66-60(63)54-51-48-45-42-39-37-35-33-31-29-27-25-23-20-17-14-11-8-5-2/h7,10,12,15-16,19,24-27,30,32,36,38,44,47,57H,4-6,8-9,11,13-14,17-18,20-23,28-29,31,33-35,37,39-43,45-46,48-56H2,1-3H3/b10-7-,15-12-,19-16-,26-24-,27-25-,32-30-,38-36-,47-44-. The fraction of sp³-hybridized carbons (Fsp3) is 0.683. The predicted octanol–water partition coefficient (Wildman–Crippen LogP) is 18.1. The number of carbonyl (C=O) groups is 3. The van der Waals surface area contributed by atoms with Crippen LogP contribution in [0.15, 0.2) is 97.2 Å². The van der Waals surface area contributed by atoms with E-state index in [0.717, 1.165) is 96.3 Å². The lowest BCUT2D eigenvalue weighted by Gasteiger charge is -2.18. The third-order valence-corrected chi connectivity index (χ3v) is 11.3. The highest BCUT2D eigenvalue weighted by Crippen LogP contribution is 2.14. The Morgan fingerprint density at radius 3 is 1.08 bits per heavy atom. The third-order valence-electron chi connectivity index (χ3n) is 11.3. The van der Waals surface area contributed by atoms with Gasteiger partial charge < -0.3 is 14.2 Å². The Balaban J connectivity index is 4.45. The van der Waals surface area contributed by atoms with Crippen LogP contribution < -0.4 is 0 Å². The summed E-state index contributed by atoms with van der Waals surface area (Å²) in [5.41, 5.74) is 0. The summed E-state index contributed by atoms with van der Waals surface area (Å²) in [4.78, 5) is 38.0. The predicted molar refractivity (Wildman–Crippen MR) is 284 cm³/mol. The second kappa shape index (κ2) is 53.9. The molecule has 0 N–H and O–H groups in total. The molecule has 0 saturated carbocycles. The molecule has 0 rings (SSSR count). The Hall–Kier alpha value is -3.67. The van der Waals surface area contributed by atoms with Crippen LogP contribution in [-0.4, -0.2) is 37.2 Å². The van der Waals surface area contributed by atoms with E-state index in [0.29, 0.717) is 19.3 Å². The van der Waals surface area contributed by atoms with E-state index in [1.165, 1.54) is 103 Å². The lowest BCUT2D eigenvalue weighted by atomic mass is 10.1. The van der Waals surface area contributed by atoms with Gasteiger partial charge in [0.05, 0.1) is 0 Å². The first-order valence-electron chi connectivity index (χ1n) is 27.2. The number of carbonyl (C=O) groups excluding carboxylic acids is 3. The van der Waals surface area contributed by atoms with E-state index in [1.54, 1.807) is 0 Å². The second-order valence-corrected chi connectivity index (χ2v) is 17.7. The maximum absolute atomic E-state index is 12.8. The minimum atomic E-state index is -0.812. The highest BCUT2D eigenvalue weighted by molar-refractivity contribution is 5.71. The Kier molecular flexibility index (Phi) is 50.9. The van der Waals surface area contributed by atoms with Crippen LogP contribution in [0, 0.1) is 0 Å². The van der Waals surface area contributed by atoms with Crippen LogP contribution in [-0.2, 0) is 28.6 Å². The van der Waals surface area contributed by atoms with Gasteiger partial charge in [0.25, 0.3) is 0 Å². The number of esters is 3. The summed E-state index contributed by atoms with van der Waals surface area (Å²) in [5.74, 6) is -1.01. The van der Waals surface area contributed by atoms with Gasteiger partial charge in [0.1, 0.15) is 13.2 Å². The van der Waals surface area contributed by atoms with Gasteiger partial charge in [0, 0.05) is 19.3 Å². The molecular formula is C60H100O6. The fourth-order valence-electron chi connectivity index (χ4n) is 7.23. The zero-order valence-corrected chi connectivity index (χ0v) is 42.9. The molecule has 0 radical (unpaired) electrons. The highest BCUT2D eigenvalue weighted by atomic mass is 16.6. The van der Waals surface area contributed by atoms with Crippen LogP contribution in [0.25, 0.3) is 0 Å². The smallest absolute Gasteiger partial charge is 0.306 e. The van der Waals surface area contributed by atoms with Gasteiger partial charge in [-0.25, -0.2) is 0 Å². The SMILES string of the molecule is CC/C=C\C/C=C\C/C=C\C/C=C\C/C=C\C/C=C\CCC(=O)OCC(COC(=O)CCCCCCC/C=C\CCC)OC(=O)CCCCCCCCCCC/C=C\CCCCCCCC. The van der Waals surface area contributed by atoms with E-state index >= 15 is 0 Å². The molecule has 0 amide bonds. The first-order chi connectivity index (χ1) is 32.5. The van der Waals surface area contributed by atoms with Crippen molar-refractivity contribution >= 4 is 17.9 Å². The monoisotopic (exact) mass is 917 g/mol. The van der Waals surface area contributed by atoms with Crippen LogP contribution in [0.3, 0.4) is 0 Å². The summed E-state index contributed by atoms with van der Waals surface area (Å²) in [6, 6.07) is 0. The van der Waals surface area contributed by atoms with Gasteiger partial charge in [-0.05, 0) is 103 Å². The molecule has 0 aromatic carbocycles. The molecule has 0 spiro atoms. The van der Waals surface area contributed by atoms with Crippen LogP contribution in [0.4, 0.5) is 0 Å². The summed E-state index contributed by atoms with van der Waals surface area (Å²) < 4.78 is 16.7. The highest BCUT2D eigenvalue weighted by Gasteiger charge is 2.19. The topological polar surface area (TPSA) is 78.9 Å². The minimum Gasteiger partial charge on any atom is -0.462 e. The quantitative estimate of drug-likeness (QED) is 0.0262. The first kappa shape index (κ1) is 62.3. The van der Waals surface area contributed by atoms with Crippen molar-refractivity contribution in [1.29, 1.82) is 0 Å². The van der Waals surface area contributed by atoms with Gasteiger partial charge >= 0.3 is 17.9 Å². The minimum absolute atomic E-state index is 0.107. The lowest BCUT2D eigenvalue weighted by molar-refractivity contribution is -0.166. The van der Waals surface area contributed by atoms with Gasteiger partial charge in [0.2, 0.25) is 0 Å². The zero-order valence-electron chi connectivity index (χ0n) is 42.9. The van der Waals surface area contributed by atoms with Crippen molar-refractivity contribution in [1.82, 2.24) is 0 Å². The maximum atomic E-state index is 12.8. The molecule has 66 heavy (non-hydrogen) atoms. The summed E-state index contributed by atoms with van der Waals surface area (Å²) in [7, 11) is 0. The molecule has 0 aliphatic heterocycles. The zero-order chi connectivity index (χ0) is 47.9. The number of ether oxygens (including phenoxy) is 3. The molecule has 6 nitrogen and oxygen atoms in total. The molecule has 0 aliphatic rings. The van der Waals surface area contributed by atoms with Crippen molar-refractivity contribution in [3.63, 3.8) is 0 Å². The van der Waals surface area contributed by atoms with Crippen molar-refractivity contribution in [2.24, 2.45) is 0 Å². The van der Waals surface area contributed by atoms with E-state index in [-0.39, 0.29) is 37.5 Å². The van der Waals surface area contributed by atoms with Crippen molar-refractivity contribution in [3.05, 3.63) is 97.2 Å². The average Bonchev–Trinajstić information content (AvgIpc) is 3.31. The van der Waals surface area contributed by atoms with Crippen LogP contribution in [0.1, 0.15) is 245 Å². The maximum Gasteiger partial charge on any atom is 0.306 e. The van der Waals surface area contributed by atoms with Crippen LogP contribution >= 0.6 is 0 Å². The fourth-order valence-corrected chi connectivity index (χ4v) is 7.23. The molecule has 0 bridgehead atoms. The molecule has 0 aliphatic carbocycles. The van der Waals surface area contributed by atoms with Crippen molar-refractivity contribution in [3.8, 4) is 0 Å². The summed E-state index contributed by atoms with van der Waals surface area (Å²) in [5, 5.41) is 0. The van der Waals surface area contributed by atoms with E-state index in [1.807, 2.05) is 6.08 Å². The van der Waals surface area contributed by atoms with Crippen LogP contribution in [0.5, 0.6) is 0 Å². The molecule has 0 fully saturated rings. The molecule has 0 saturated heterocycles. The van der Waals surface area contributed by atoms with Crippen LogP contribution in [0.2, 0.25) is 0 Å². The Labute approximate surface area is 407 Å². The number of hydrogen-bond acceptors (Lipinski definition) is 6. The van der Waals surface area contributed by atoms with Crippen molar-refractivity contribution in [2.75, 3.05) is 13.2 Å². The first-order valence-corrected chi connectivity index (χ1v) is 27.2. The summed E-state index contributed by atoms with van der Waals surface area (Å²) in [6.45, 7) is 6.38. The largest absolute Gasteiger partial charge is 0.462 e. The molecule has 0 heterocycles. The van der Waals surface area contributed by atoms with E-state index in [4.69, 9.17) is 14.2 Å². The molecular weight excluding hydrogens is 817 g/mol. The summed E-state index contributed by atoms with van der Waals surface area (Å²) in [6.07, 6.45) is 71.3. The molecule has 0 aromatic rings. The molecule has 1 unspecified atom stereocenters. The number of allylic oxidation sites excluding steroid dienone is 16. The van der Waals surface area contributed by atoms with Gasteiger partial charge in [-0.15, -0.1) is 0 Å². The summed E-state index contributed by atoms with van der Waals surface area (Å²) >= 11 is 0. The third kappa shape index (κ3) is 51.3. The molecule has 376 valence electrons. The van der Waals surface area contributed by atoms with Gasteiger partial charge in [-0.1, -0.05) is 221 Å². The molecule has 6 heteroatoms. The normalized spacial score (nSPS) is 12.8. The van der Waals surface area contributed by atoms with E-state index in [9.17, 15) is 14.4 Å². The van der Waals surface area contributed by atoms with Gasteiger partial charge in [-0.3, -0.25) is 14.4 Å². The van der Waals surface area contributed by atoms with Gasteiger partial charge in [-0.2, -0.15) is 0 Å². The number of rotatable bonds is 48. The van der Waals surface area contributed by atoms with E-state index in [2.05, 4.69) is 112 Å². The van der Waals surface area contributed by atoms with Gasteiger partial charge in [0.15, 0.2) is 6.10 Å².